The van der Waals surface area contributed by atoms with Crippen LogP contribution in [0.5, 0.6) is 0 Å². The summed E-state index contributed by atoms with van der Waals surface area (Å²) in [6.45, 7) is 4.52. The Morgan fingerprint density at radius 2 is 1.79 bits per heavy atom. The van der Waals surface area contributed by atoms with Crippen LogP contribution in [0, 0.1) is 0 Å². The molecule has 0 aliphatic rings. The van der Waals surface area contributed by atoms with E-state index in [1.54, 1.807) is 36.1 Å². The van der Waals surface area contributed by atoms with E-state index in [1.807, 2.05) is 0 Å². The standard InChI is InChI=1S/C19H28N2O7/c1-4-27-19(26)17(20-13(2)24)18(28-14(3)25)15-6-5-7-16(12-15)21(8-10-22)9-11-23/h5-7,12,17-18,22-23H,4,8-11H2,1-3H3,(H,20,24)/t17-,18+/m0/s1. The molecule has 9 nitrogen and oxygen atoms in total. The van der Waals surface area contributed by atoms with Gasteiger partial charge in [0, 0.05) is 32.6 Å². The average Bonchev–Trinajstić information content (AvgIpc) is 2.64. The van der Waals surface area contributed by atoms with Crippen LogP contribution >= 0.6 is 0 Å². The van der Waals surface area contributed by atoms with Crippen LogP contribution in [-0.4, -0.2) is 67.0 Å². The number of carbonyl (C=O) groups is 3. The number of aliphatic hydroxyl groups excluding tert-OH is 2. The molecular formula is C19H28N2O7. The summed E-state index contributed by atoms with van der Waals surface area (Å²) in [5.74, 6) is -1.83. The second-order valence-electron chi connectivity index (χ2n) is 5.99. The summed E-state index contributed by atoms with van der Waals surface area (Å²) in [7, 11) is 0. The summed E-state index contributed by atoms with van der Waals surface area (Å²) in [6, 6.07) is 5.56. The number of aliphatic hydroxyl groups is 2. The van der Waals surface area contributed by atoms with Gasteiger partial charge in [-0.25, -0.2) is 4.79 Å². The lowest BCUT2D eigenvalue weighted by Crippen LogP contribution is -2.46. The number of anilines is 1. The molecule has 0 unspecified atom stereocenters. The van der Waals surface area contributed by atoms with Crippen molar-refractivity contribution in [1.29, 1.82) is 0 Å². The van der Waals surface area contributed by atoms with Gasteiger partial charge in [0.25, 0.3) is 0 Å². The number of amides is 1. The maximum atomic E-state index is 12.4. The lowest BCUT2D eigenvalue weighted by Gasteiger charge is -2.28. The number of carbonyl (C=O) groups excluding carboxylic acids is 3. The van der Waals surface area contributed by atoms with Gasteiger partial charge in [0.1, 0.15) is 0 Å². The molecule has 0 heterocycles. The van der Waals surface area contributed by atoms with Gasteiger partial charge in [-0.1, -0.05) is 12.1 Å². The summed E-state index contributed by atoms with van der Waals surface area (Å²) in [5.41, 5.74) is 1.11. The fourth-order valence-electron chi connectivity index (χ4n) is 2.73. The van der Waals surface area contributed by atoms with Crippen molar-refractivity contribution < 1.29 is 34.1 Å². The van der Waals surface area contributed by atoms with Crippen LogP contribution in [-0.2, 0) is 23.9 Å². The van der Waals surface area contributed by atoms with Crippen molar-refractivity contribution in [2.45, 2.75) is 32.9 Å². The van der Waals surface area contributed by atoms with Gasteiger partial charge >= 0.3 is 11.9 Å². The molecule has 0 fully saturated rings. The number of ether oxygens (including phenoxy) is 2. The van der Waals surface area contributed by atoms with Crippen LogP contribution in [0.1, 0.15) is 32.4 Å². The SMILES string of the molecule is CCOC(=O)[C@@H](NC(C)=O)[C@H](OC(C)=O)c1cccc(N(CCO)CCO)c1. The maximum absolute atomic E-state index is 12.4. The largest absolute Gasteiger partial charge is 0.464 e. The molecule has 0 aliphatic carbocycles. The van der Waals surface area contributed by atoms with Gasteiger partial charge in [-0.15, -0.1) is 0 Å². The number of esters is 2. The Labute approximate surface area is 164 Å². The highest BCUT2D eigenvalue weighted by molar-refractivity contribution is 5.84. The summed E-state index contributed by atoms with van der Waals surface area (Å²) in [5, 5.41) is 21.0. The highest BCUT2D eigenvalue weighted by Crippen LogP contribution is 2.27. The van der Waals surface area contributed by atoms with Gasteiger partial charge in [0.2, 0.25) is 5.91 Å². The Hall–Kier alpha value is -2.65. The summed E-state index contributed by atoms with van der Waals surface area (Å²) in [6.07, 6.45) is -1.11. The highest BCUT2D eigenvalue weighted by Gasteiger charge is 2.34. The Kier molecular flexibility index (Phi) is 9.97. The Morgan fingerprint density at radius 3 is 2.29 bits per heavy atom. The van der Waals surface area contributed by atoms with Gasteiger partial charge in [0.05, 0.1) is 19.8 Å². The molecule has 0 aromatic heterocycles. The van der Waals surface area contributed by atoms with Crippen LogP contribution in [0.4, 0.5) is 5.69 Å². The quantitative estimate of drug-likeness (QED) is 0.452. The second kappa shape index (κ2) is 11.9. The first-order valence-electron chi connectivity index (χ1n) is 9.01. The molecule has 1 rings (SSSR count). The number of hydrogen-bond acceptors (Lipinski definition) is 8. The fourth-order valence-corrected chi connectivity index (χ4v) is 2.73. The topological polar surface area (TPSA) is 125 Å². The third-order valence-corrected chi connectivity index (χ3v) is 3.80. The monoisotopic (exact) mass is 396 g/mol. The van der Waals surface area contributed by atoms with Crippen molar-refractivity contribution in [2.24, 2.45) is 0 Å². The molecule has 156 valence electrons. The molecule has 0 radical (unpaired) electrons. The Bertz CT molecular complexity index is 659. The van der Waals surface area contributed by atoms with Crippen molar-refractivity contribution >= 4 is 23.5 Å². The van der Waals surface area contributed by atoms with Crippen molar-refractivity contribution in [3.63, 3.8) is 0 Å². The van der Waals surface area contributed by atoms with Crippen LogP contribution in [0.25, 0.3) is 0 Å². The first-order valence-corrected chi connectivity index (χ1v) is 9.01. The summed E-state index contributed by atoms with van der Waals surface area (Å²) >= 11 is 0. The Balaban J connectivity index is 3.33. The van der Waals surface area contributed by atoms with Crippen LogP contribution in [0.3, 0.4) is 0 Å². The van der Waals surface area contributed by atoms with Gasteiger partial charge in [-0.3, -0.25) is 9.59 Å². The Morgan fingerprint density at radius 1 is 1.14 bits per heavy atom. The molecule has 0 aliphatic heterocycles. The smallest absolute Gasteiger partial charge is 0.332 e. The normalized spacial score (nSPS) is 12.6. The first-order chi connectivity index (χ1) is 13.3. The minimum atomic E-state index is -1.22. The zero-order valence-corrected chi connectivity index (χ0v) is 16.4. The fraction of sp³-hybridized carbons (Fsp3) is 0.526. The number of nitrogens with one attached hydrogen (secondary N) is 1. The number of hydrogen-bond donors (Lipinski definition) is 3. The zero-order valence-electron chi connectivity index (χ0n) is 16.4. The summed E-state index contributed by atoms with van der Waals surface area (Å²) < 4.78 is 10.4. The van der Waals surface area contributed by atoms with Gasteiger partial charge < -0.3 is 29.9 Å². The molecule has 28 heavy (non-hydrogen) atoms. The predicted octanol–water partition coefficient (Wildman–Crippen LogP) is 0.150. The molecule has 2 atom stereocenters. The number of rotatable bonds is 11. The third-order valence-electron chi connectivity index (χ3n) is 3.80. The number of nitrogens with zero attached hydrogens (tertiary/aromatic N) is 1. The van der Waals surface area contributed by atoms with Crippen molar-refractivity contribution in [1.82, 2.24) is 5.32 Å². The number of benzene rings is 1. The van der Waals surface area contributed by atoms with Gasteiger partial charge in [-0.2, -0.15) is 0 Å². The molecule has 9 heteroatoms. The van der Waals surface area contributed by atoms with Crippen molar-refractivity contribution in [3.05, 3.63) is 29.8 Å². The minimum Gasteiger partial charge on any atom is -0.464 e. The molecule has 3 N–H and O–H groups in total. The molecule has 0 saturated heterocycles. The molecule has 0 bridgehead atoms. The molecule has 0 spiro atoms. The lowest BCUT2D eigenvalue weighted by atomic mass is 10.0. The van der Waals surface area contributed by atoms with Gasteiger partial charge in [-0.05, 0) is 24.6 Å². The van der Waals surface area contributed by atoms with E-state index in [0.717, 1.165) is 0 Å². The molecular weight excluding hydrogens is 368 g/mol. The lowest BCUT2D eigenvalue weighted by molar-refractivity contribution is -0.159. The van der Waals surface area contributed by atoms with E-state index in [9.17, 15) is 24.6 Å². The van der Waals surface area contributed by atoms with Crippen molar-refractivity contribution in [3.8, 4) is 0 Å². The van der Waals surface area contributed by atoms with E-state index in [4.69, 9.17) is 9.47 Å². The van der Waals surface area contributed by atoms with E-state index in [1.165, 1.54) is 13.8 Å². The maximum Gasteiger partial charge on any atom is 0.332 e. The molecule has 1 aromatic carbocycles. The highest BCUT2D eigenvalue weighted by atomic mass is 16.6. The zero-order chi connectivity index (χ0) is 21.1. The van der Waals surface area contributed by atoms with Crippen LogP contribution < -0.4 is 10.2 Å². The minimum absolute atomic E-state index is 0.0997. The van der Waals surface area contributed by atoms with Gasteiger partial charge in [0.15, 0.2) is 12.1 Å². The summed E-state index contributed by atoms with van der Waals surface area (Å²) in [4.78, 5) is 37.4. The second-order valence-corrected chi connectivity index (χ2v) is 5.99. The predicted molar refractivity (Wildman–Crippen MR) is 102 cm³/mol. The van der Waals surface area contributed by atoms with Crippen molar-refractivity contribution in [2.75, 3.05) is 37.8 Å². The van der Waals surface area contributed by atoms with E-state index in [-0.39, 0.29) is 32.9 Å². The molecule has 0 saturated carbocycles. The van der Waals surface area contributed by atoms with Crippen LogP contribution in [0.15, 0.2) is 24.3 Å². The van der Waals surface area contributed by atoms with E-state index < -0.39 is 30.0 Å². The molecule has 1 aromatic rings. The third kappa shape index (κ3) is 7.16. The van der Waals surface area contributed by atoms with E-state index in [2.05, 4.69) is 5.32 Å². The average molecular weight is 396 g/mol. The first kappa shape index (κ1) is 23.4. The van der Waals surface area contributed by atoms with E-state index in [0.29, 0.717) is 11.3 Å². The molecule has 1 amide bonds. The van der Waals surface area contributed by atoms with E-state index >= 15 is 0 Å². The van der Waals surface area contributed by atoms with Crippen LogP contribution in [0.2, 0.25) is 0 Å².